The first-order valence-corrected chi connectivity index (χ1v) is 6.78. The molecular formula is C15H15F2NS. The van der Waals surface area contributed by atoms with Gasteiger partial charge in [0.1, 0.15) is 11.6 Å². The van der Waals surface area contributed by atoms with Crippen LogP contribution in [0.2, 0.25) is 0 Å². The van der Waals surface area contributed by atoms with Crippen LogP contribution in [0, 0.1) is 18.6 Å². The lowest BCUT2D eigenvalue weighted by Gasteiger charge is -2.14. The van der Waals surface area contributed by atoms with Gasteiger partial charge in [-0.3, -0.25) is 0 Å². The second-order valence-electron chi connectivity index (χ2n) is 4.49. The van der Waals surface area contributed by atoms with Crippen LogP contribution in [-0.4, -0.2) is 0 Å². The molecule has 0 bridgehead atoms. The Morgan fingerprint density at radius 1 is 1.16 bits per heavy atom. The summed E-state index contributed by atoms with van der Waals surface area (Å²) in [6.45, 7) is 3.51. The zero-order valence-electron chi connectivity index (χ0n) is 10.8. The fourth-order valence-electron chi connectivity index (χ4n) is 1.77. The van der Waals surface area contributed by atoms with Gasteiger partial charge in [0, 0.05) is 15.8 Å². The van der Waals surface area contributed by atoms with Crippen molar-refractivity contribution in [3.8, 4) is 0 Å². The minimum atomic E-state index is -0.286. The Labute approximate surface area is 115 Å². The molecule has 0 aliphatic heterocycles. The predicted octanol–water partition coefficient (Wildman–Crippen LogP) is 4.44. The molecule has 0 saturated carbocycles. The molecule has 0 aliphatic carbocycles. The average molecular weight is 279 g/mol. The van der Waals surface area contributed by atoms with E-state index in [1.165, 1.54) is 30.0 Å². The largest absolute Gasteiger partial charge is 0.324 e. The maximum Gasteiger partial charge on any atom is 0.126 e. The molecule has 19 heavy (non-hydrogen) atoms. The highest BCUT2D eigenvalue weighted by molar-refractivity contribution is 7.99. The highest BCUT2D eigenvalue weighted by atomic mass is 32.2. The van der Waals surface area contributed by atoms with E-state index >= 15 is 0 Å². The summed E-state index contributed by atoms with van der Waals surface area (Å²) < 4.78 is 26.8. The lowest BCUT2D eigenvalue weighted by Crippen LogP contribution is -2.07. The molecule has 0 aromatic heterocycles. The van der Waals surface area contributed by atoms with Gasteiger partial charge in [0.25, 0.3) is 0 Å². The molecule has 0 radical (unpaired) electrons. The molecule has 1 unspecified atom stereocenters. The van der Waals surface area contributed by atoms with E-state index in [0.29, 0.717) is 5.56 Å². The van der Waals surface area contributed by atoms with Gasteiger partial charge >= 0.3 is 0 Å². The molecule has 1 nitrogen and oxygen atoms in total. The van der Waals surface area contributed by atoms with Gasteiger partial charge in [0.15, 0.2) is 0 Å². The van der Waals surface area contributed by atoms with Crippen molar-refractivity contribution in [3.05, 3.63) is 59.2 Å². The molecule has 100 valence electrons. The summed E-state index contributed by atoms with van der Waals surface area (Å²) in [5, 5.41) is 0. The maximum atomic E-state index is 13.6. The van der Waals surface area contributed by atoms with Gasteiger partial charge in [0.05, 0.1) is 0 Å². The Hall–Kier alpha value is -1.39. The van der Waals surface area contributed by atoms with Crippen molar-refractivity contribution in [3.63, 3.8) is 0 Å². The molecule has 0 amide bonds. The molecule has 1 atom stereocenters. The Balaban J connectivity index is 2.41. The van der Waals surface area contributed by atoms with E-state index in [1.807, 2.05) is 6.07 Å². The number of nitrogens with two attached hydrogens (primary N) is 1. The summed E-state index contributed by atoms with van der Waals surface area (Å²) in [5.41, 5.74) is 7.16. The van der Waals surface area contributed by atoms with E-state index in [0.717, 1.165) is 15.4 Å². The third kappa shape index (κ3) is 3.33. The van der Waals surface area contributed by atoms with Gasteiger partial charge in [-0.25, -0.2) is 8.78 Å². The Bertz CT molecular complexity index is 597. The molecule has 0 heterocycles. The van der Waals surface area contributed by atoms with Crippen molar-refractivity contribution in [2.24, 2.45) is 5.73 Å². The van der Waals surface area contributed by atoms with Gasteiger partial charge in [-0.05, 0) is 55.3 Å². The fraction of sp³-hybridized carbons (Fsp3) is 0.200. The lowest BCUT2D eigenvalue weighted by molar-refractivity contribution is 0.610. The van der Waals surface area contributed by atoms with Gasteiger partial charge < -0.3 is 5.73 Å². The third-order valence-corrected chi connectivity index (χ3v) is 3.87. The topological polar surface area (TPSA) is 26.0 Å². The Morgan fingerprint density at radius 2 is 1.89 bits per heavy atom. The zero-order valence-corrected chi connectivity index (χ0v) is 11.6. The van der Waals surface area contributed by atoms with Crippen LogP contribution < -0.4 is 5.73 Å². The molecule has 2 aromatic carbocycles. The van der Waals surface area contributed by atoms with Crippen molar-refractivity contribution >= 4 is 11.8 Å². The van der Waals surface area contributed by atoms with Crippen molar-refractivity contribution in [2.75, 3.05) is 0 Å². The number of rotatable bonds is 3. The maximum absolute atomic E-state index is 13.6. The van der Waals surface area contributed by atoms with Crippen molar-refractivity contribution in [2.45, 2.75) is 29.7 Å². The lowest BCUT2D eigenvalue weighted by atomic mass is 10.1. The first-order valence-electron chi connectivity index (χ1n) is 5.96. The summed E-state index contributed by atoms with van der Waals surface area (Å²) in [6.07, 6.45) is 0. The number of hydrogen-bond donors (Lipinski definition) is 1. The van der Waals surface area contributed by atoms with Crippen LogP contribution in [0.4, 0.5) is 8.78 Å². The molecule has 2 rings (SSSR count). The SMILES string of the molecule is Cc1cc(Sc2cccc(F)c2)c(C(C)N)cc1F. The number of aryl methyl sites for hydroxylation is 1. The van der Waals surface area contributed by atoms with Crippen LogP contribution in [0.15, 0.2) is 46.2 Å². The Morgan fingerprint density at radius 3 is 2.53 bits per heavy atom. The molecule has 0 aliphatic rings. The van der Waals surface area contributed by atoms with E-state index in [-0.39, 0.29) is 17.7 Å². The van der Waals surface area contributed by atoms with Gasteiger partial charge in [-0.1, -0.05) is 17.8 Å². The molecule has 2 N–H and O–H groups in total. The monoisotopic (exact) mass is 279 g/mol. The van der Waals surface area contributed by atoms with Crippen molar-refractivity contribution < 1.29 is 8.78 Å². The highest BCUT2D eigenvalue weighted by Gasteiger charge is 2.12. The van der Waals surface area contributed by atoms with E-state index in [4.69, 9.17) is 5.73 Å². The van der Waals surface area contributed by atoms with Gasteiger partial charge in [-0.15, -0.1) is 0 Å². The molecule has 0 saturated heterocycles. The minimum absolute atomic E-state index is 0.268. The van der Waals surface area contributed by atoms with Crippen LogP contribution in [0.1, 0.15) is 24.1 Å². The van der Waals surface area contributed by atoms with Gasteiger partial charge in [0.2, 0.25) is 0 Å². The van der Waals surface area contributed by atoms with Crippen LogP contribution in [0.3, 0.4) is 0 Å². The van der Waals surface area contributed by atoms with E-state index < -0.39 is 0 Å². The summed E-state index contributed by atoms with van der Waals surface area (Å²) in [4.78, 5) is 1.63. The second kappa shape index (κ2) is 5.72. The standard InChI is InChI=1S/C15H15F2NS/c1-9-6-15(13(10(2)18)8-14(9)17)19-12-5-3-4-11(16)7-12/h3-8,10H,18H2,1-2H3. The third-order valence-electron chi connectivity index (χ3n) is 2.81. The smallest absolute Gasteiger partial charge is 0.126 e. The van der Waals surface area contributed by atoms with Crippen LogP contribution in [-0.2, 0) is 0 Å². The summed E-state index contributed by atoms with van der Waals surface area (Å²) in [5.74, 6) is -0.554. The molecule has 4 heteroatoms. The number of benzene rings is 2. The van der Waals surface area contributed by atoms with Crippen LogP contribution >= 0.6 is 11.8 Å². The van der Waals surface area contributed by atoms with Gasteiger partial charge in [-0.2, -0.15) is 0 Å². The van der Waals surface area contributed by atoms with Crippen molar-refractivity contribution in [1.29, 1.82) is 0 Å². The fourth-order valence-corrected chi connectivity index (χ4v) is 2.94. The normalized spacial score (nSPS) is 12.5. The van der Waals surface area contributed by atoms with E-state index in [9.17, 15) is 8.78 Å². The highest BCUT2D eigenvalue weighted by Crippen LogP contribution is 2.34. The minimum Gasteiger partial charge on any atom is -0.324 e. The quantitative estimate of drug-likeness (QED) is 0.898. The summed E-state index contributed by atoms with van der Waals surface area (Å²) in [7, 11) is 0. The first kappa shape index (κ1) is 14.0. The number of hydrogen-bond acceptors (Lipinski definition) is 2. The first-order chi connectivity index (χ1) is 8.97. The molecule has 2 aromatic rings. The van der Waals surface area contributed by atoms with Crippen molar-refractivity contribution in [1.82, 2.24) is 0 Å². The summed E-state index contributed by atoms with van der Waals surface area (Å²) >= 11 is 1.39. The Kier molecular flexibility index (Phi) is 4.22. The van der Waals surface area contributed by atoms with E-state index in [1.54, 1.807) is 26.0 Å². The second-order valence-corrected chi connectivity index (χ2v) is 5.60. The van der Waals surface area contributed by atoms with Crippen LogP contribution in [0.5, 0.6) is 0 Å². The molecule has 0 spiro atoms. The summed E-state index contributed by atoms with van der Waals surface area (Å²) in [6, 6.07) is 9.26. The molecular weight excluding hydrogens is 264 g/mol. The molecule has 0 fully saturated rings. The average Bonchev–Trinajstić information content (AvgIpc) is 2.33. The number of halogens is 2. The predicted molar refractivity (Wildman–Crippen MR) is 74.3 cm³/mol. The van der Waals surface area contributed by atoms with E-state index in [2.05, 4.69) is 0 Å². The van der Waals surface area contributed by atoms with Crippen LogP contribution in [0.25, 0.3) is 0 Å². The zero-order chi connectivity index (χ0) is 14.0.